The Morgan fingerprint density at radius 1 is 1.08 bits per heavy atom. The van der Waals surface area contributed by atoms with Crippen molar-refractivity contribution in [1.82, 2.24) is 24.1 Å². The van der Waals surface area contributed by atoms with Crippen LogP contribution in [0.3, 0.4) is 0 Å². The molecule has 1 aliphatic rings. The zero-order valence-corrected chi connectivity index (χ0v) is 28.6. The zero-order chi connectivity index (χ0) is 36.4. The van der Waals surface area contributed by atoms with Crippen molar-refractivity contribution in [3.8, 4) is 11.3 Å². The first-order chi connectivity index (χ1) is 22.7. The first-order valence-electron chi connectivity index (χ1n) is 15.1. The van der Waals surface area contributed by atoms with Gasteiger partial charge in [0.05, 0.1) is 28.7 Å². The number of phosphoric ester groups is 1. The van der Waals surface area contributed by atoms with Crippen LogP contribution < -0.4 is 16.6 Å². The Morgan fingerprint density at radius 2 is 1.71 bits per heavy atom. The van der Waals surface area contributed by atoms with Gasteiger partial charge in [-0.2, -0.15) is 27.2 Å². The van der Waals surface area contributed by atoms with E-state index in [1.54, 1.807) is 65.8 Å². The maximum atomic E-state index is 14.3. The number of imidazole rings is 1. The second-order valence-corrected chi connectivity index (χ2v) is 14.7. The van der Waals surface area contributed by atoms with Crippen molar-refractivity contribution in [1.29, 1.82) is 5.41 Å². The fourth-order valence-corrected chi connectivity index (χ4v) is 6.18. The van der Waals surface area contributed by atoms with Crippen LogP contribution in [0.25, 0.3) is 16.9 Å². The molecular formula is C31H38F4N7O6P. The monoisotopic (exact) mass is 711 g/mol. The van der Waals surface area contributed by atoms with Crippen molar-refractivity contribution in [3.63, 3.8) is 0 Å². The third-order valence-electron chi connectivity index (χ3n) is 6.48. The molecule has 0 saturated heterocycles. The molecule has 3 N–H and O–H groups in total. The highest BCUT2D eigenvalue weighted by molar-refractivity contribution is 7.48. The summed E-state index contributed by atoms with van der Waals surface area (Å²) in [5.41, 5.74) is -1.15. The van der Waals surface area contributed by atoms with Crippen LogP contribution in [-0.2, 0) is 24.9 Å². The number of para-hydroxylation sites is 1. The van der Waals surface area contributed by atoms with Gasteiger partial charge in [0.15, 0.2) is 5.65 Å². The molecule has 0 atom stereocenters. The average Bonchev–Trinajstić information content (AvgIpc) is 3.75. The summed E-state index contributed by atoms with van der Waals surface area (Å²) >= 11 is 0. The fourth-order valence-electron chi connectivity index (χ4n) is 4.43. The van der Waals surface area contributed by atoms with E-state index in [0.29, 0.717) is 16.9 Å². The normalized spacial score (nSPS) is 14.0. The number of nitrogens with one attached hydrogen (secondary N) is 3. The molecule has 1 saturated carbocycles. The first kappa shape index (κ1) is 37.6. The summed E-state index contributed by atoms with van der Waals surface area (Å²) in [5.74, 6) is -0.472. The summed E-state index contributed by atoms with van der Waals surface area (Å²) in [4.78, 5) is 31.4. The van der Waals surface area contributed by atoms with E-state index in [1.165, 1.54) is 12.3 Å². The minimum absolute atomic E-state index is 0.00779. The molecule has 13 nitrogen and oxygen atoms in total. The number of phosphoric acid groups is 1. The Bertz CT molecular complexity index is 1950. The van der Waals surface area contributed by atoms with Gasteiger partial charge in [0.25, 0.3) is 5.56 Å². The summed E-state index contributed by atoms with van der Waals surface area (Å²) in [6.45, 7) is 8.51. The van der Waals surface area contributed by atoms with Crippen LogP contribution >= 0.6 is 7.82 Å². The van der Waals surface area contributed by atoms with Crippen LogP contribution in [0.5, 0.6) is 0 Å². The number of alkyl halides is 3. The van der Waals surface area contributed by atoms with Gasteiger partial charge in [0.2, 0.25) is 5.95 Å². The van der Waals surface area contributed by atoms with Gasteiger partial charge in [-0.3, -0.25) is 27.9 Å². The number of rotatable bonds is 10. The number of nitrogens with zero attached hydrogens (tertiary/aromatic N) is 4. The van der Waals surface area contributed by atoms with Gasteiger partial charge in [-0.15, -0.1) is 0 Å². The molecule has 266 valence electrons. The van der Waals surface area contributed by atoms with Gasteiger partial charge in [0, 0.05) is 29.2 Å². The third kappa shape index (κ3) is 10.7. The molecule has 0 aliphatic heterocycles. The van der Waals surface area contributed by atoms with Crippen molar-refractivity contribution < 1.29 is 35.7 Å². The summed E-state index contributed by atoms with van der Waals surface area (Å²) in [6, 6.07) is 8.04. The molecular weight excluding hydrogens is 673 g/mol. The van der Waals surface area contributed by atoms with Crippen molar-refractivity contribution in [2.24, 2.45) is 0 Å². The van der Waals surface area contributed by atoms with E-state index in [0.717, 1.165) is 39.9 Å². The van der Waals surface area contributed by atoms with E-state index >= 15 is 0 Å². The van der Waals surface area contributed by atoms with Crippen LogP contribution in [0.4, 0.5) is 23.2 Å². The lowest BCUT2D eigenvalue weighted by atomic mass is 10.1. The topological polar surface area (TPSA) is 166 Å². The Labute approximate surface area is 278 Å². The van der Waals surface area contributed by atoms with Crippen molar-refractivity contribution in [2.45, 2.75) is 84.4 Å². The standard InChI is InChI=1S/C22H29FN5O6P.C9H9F3N2/c1-21(2,3)33-35(31,34-22(4,5)6)32-12-27-11-15(19(29)25-20(27)30)16-9-14(13-7-8-13)18-24-10-17(23)28(18)26-16;10-9(11,12)6-14-8-4-2-1-3-7(8)5-13/h9-11,13H,7-8,12H2,1-6H3,(H,25,29,30);1-5,13-14H,6H2. The first-order valence-corrected chi connectivity index (χ1v) is 16.6. The molecule has 0 amide bonds. The van der Waals surface area contributed by atoms with Gasteiger partial charge in [-0.25, -0.2) is 14.3 Å². The molecule has 1 aliphatic carbocycles. The second-order valence-electron chi connectivity index (χ2n) is 13.2. The lowest BCUT2D eigenvalue weighted by molar-refractivity contribution is -0.115. The Kier molecular flexibility index (Phi) is 11.0. The number of hydrogen-bond donors (Lipinski definition) is 3. The SMILES string of the molecule is CC(C)(C)OP(=O)(OCn1cc(-c2cc(C3CC3)c3ncc(F)n3n2)c(=O)[nH]c1=O)OC(C)(C)C.N=Cc1ccccc1NCC(F)(F)F. The molecule has 1 fully saturated rings. The minimum atomic E-state index is -4.24. The lowest BCUT2D eigenvalue weighted by Crippen LogP contribution is -2.32. The predicted molar refractivity (Wildman–Crippen MR) is 174 cm³/mol. The molecule has 18 heteroatoms. The average molecular weight is 712 g/mol. The van der Waals surface area contributed by atoms with Gasteiger partial charge in [0.1, 0.15) is 13.3 Å². The number of hydrogen-bond acceptors (Lipinski definition) is 10. The highest BCUT2D eigenvalue weighted by atomic mass is 31.2. The van der Waals surface area contributed by atoms with Gasteiger partial charge >= 0.3 is 19.7 Å². The minimum Gasteiger partial charge on any atom is -0.376 e. The predicted octanol–water partition coefficient (Wildman–Crippen LogP) is 6.63. The van der Waals surface area contributed by atoms with E-state index in [9.17, 15) is 31.7 Å². The number of benzene rings is 1. The summed E-state index contributed by atoms with van der Waals surface area (Å²) in [5, 5.41) is 13.4. The van der Waals surface area contributed by atoms with Crippen LogP contribution in [0.1, 0.15) is 71.4 Å². The van der Waals surface area contributed by atoms with Gasteiger partial charge < -0.3 is 10.7 Å². The fraction of sp³-hybridized carbons (Fsp3) is 0.452. The molecule has 4 aromatic rings. The molecule has 3 aromatic heterocycles. The van der Waals surface area contributed by atoms with Gasteiger partial charge in [-0.05, 0) is 72.4 Å². The number of halogens is 4. The number of anilines is 1. The molecule has 0 unspecified atom stereocenters. The number of H-pyrrole nitrogens is 1. The number of aromatic nitrogens is 5. The van der Waals surface area contributed by atoms with Crippen LogP contribution in [0.2, 0.25) is 0 Å². The maximum absolute atomic E-state index is 14.3. The van der Waals surface area contributed by atoms with E-state index in [-0.39, 0.29) is 17.2 Å². The van der Waals surface area contributed by atoms with Gasteiger partial charge in [-0.1, -0.05) is 18.2 Å². The van der Waals surface area contributed by atoms with Crippen LogP contribution in [-0.4, -0.2) is 54.3 Å². The molecule has 0 radical (unpaired) electrons. The molecule has 1 aromatic carbocycles. The smallest absolute Gasteiger partial charge is 0.376 e. The Hall–Kier alpha value is -4.18. The quantitative estimate of drug-likeness (QED) is 0.0930. The largest absolute Gasteiger partial charge is 0.477 e. The van der Waals surface area contributed by atoms with Crippen LogP contribution in [0.15, 0.2) is 52.3 Å². The van der Waals surface area contributed by atoms with Crippen LogP contribution in [0, 0.1) is 11.4 Å². The molecule has 49 heavy (non-hydrogen) atoms. The summed E-state index contributed by atoms with van der Waals surface area (Å²) in [6.07, 6.45) is 0.911. The lowest BCUT2D eigenvalue weighted by Gasteiger charge is -2.30. The molecule has 0 spiro atoms. The van der Waals surface area contributed by atoms with Crippen molar-refractivity contribution >= 4 is 25.4 Å². The van der Waals surface area contributed by atoms with E-state index in [1.807, 2.05) is 0 Å². The van der Waals surface area contributed by atoms with E-state index < -0.39 is 55.7 Å². The third-order valence-corrected chi connectivity index (χ3v) is 8.45. The Balaban J connectivity index is 0.000000324. The maximum Gasteiger partial charge on any atom is 0.477 e. The Morgan fingerprint density at radius 3 is 2.29 bits per heavy atom. The molecule has 3 heterocycles. The number of fused-ring (bicyclic) bond motifs is 1. The zero-order valence-electron chi connectivity index (χ0n) is 27.7. The highest BCUT2D eigenvalue weighted by Crippen LogP contribution is 2.55. The van der Waals surface area contributed by atoms with E-state index in [2.05, 4.69) is 20.4 Å². The molecule has 5 rings (SSSR count). The summed E-state index contributed by atoms with van der Waals surface area (Å²) in [7, 11) is -4.12. The van der Waals surface area contributed by atoms with Crippen molar-refractivity contribution in [2.75, 3.05) is 11.9 Å². The van der Waals surface area contributed by atoms with Crippen molar-refractivity contribution in [3.05, 3.63) is 80.6 Å². The summed E-state index contributed by atoms with van der Waals surface area (Å²) < 4.78 is 81.8. The number of aromatic amines is 1. The second kappa shape index (κ2) is 14.4. The highest BCUT2D eigenvalue weighted by Gasteiger charge is 2.37. The van der Waals surface area contributed by atoms with E-state index in [4.69, 9.17) is 19.0 Å². The molecule has 0 bridgehead atoms.